The van der Waals surface area contributed by atoms with Crippen molar-refractivity contribution in [2.24, 2.45) is 0 Å². The molecule has 0 unspecified atom stereocenters. The van der Waals surface area contributed by atoms with Crippen LogP contribution in [0.4, 0.5) is 5.69 Å². The molecule has 0 spiro atoms. The predicted octanol–water partition coefficient (Wildman–Crippen LogP) is 4.49. The van der Waals surface area contributed by atoms with Crippen LogP contribution in [-0.4, -0.2) is 22.6 Å². The van der Waals surface area contributed by atoms with Crippen LogP contribution in [0.3, 0.4) is 0 Å². The van der Waals surface area contributed by atoms with E-state index in [2.05, 4.69) is 5.32 Å². The molecule has 154 valence electrons. The zero-order chi connectivity index (χ0) is 21.8. The second-order valence-electron chi connectivity index (χ2n) is 6.86. The Morgan fingerprint density at radius 1 is 1.03 bits per heavy atom. The van der Waals surface area contributed by atoms with Gasteiger partial charge >= 0.3 is 0 Å². The van der Waals surface area contributed by atoms with Crippen LogP contribution in [-0.2, 0) is 0 Å². The van der Waals surface area contributed by atoms with E-state index >= 15 is 0 Å². The number of nitrogens with one attached hydrogen (secondary N) is 1. The molecule has 6 nitrogen and oxygen atoms in total. The zero-order valence-electron chi connectivity index (χ0n) is 16.8. The molecule has 4 rings (SSSR count). The smallest absolute Gasteiger partial charge is 0.254 e. The maximum absolute atomic E-state index is 12.8. The summed E-state index contributed by atoms with van der Waals surface area (Å²) in [5.74, 6) is -0.138. The highest BCUT2D eigenvalue weighted by molar-refractivity contribution is 6.10. The number of benzene rings is 3. The first kappa shape index (κ1) is 20.0. The molecule has 3 aromatic carbocycles. The van der Waals surface area contributed by atoms with E-state index in [0.29, 0.717) is 5.75 Å². The summed E-state index contributed by atoms with van der Waals surface area (Å²) in [6.45, 7) is 0. The molecule has 0 aliphatic rings. The number of fused-ring (bicyclic) bond motifs is 1. The number of anilines is 1. The summed E-state index contributed by atoms with van der Waals surface area (Å²) < 4.78 is 6.36. The molecule has 0 aliphatic carbocycles. The van der Waals surface area contributed by atoms with Crippen LogP contribution >= 0.6 is 0 Å². The van der Waals surface area contributed by atoms with Gasteiger partial charge in [0.2, 0.25) is 0 Å². The van der Waals surface area contributed by atoms with Gasteiger partial charge in [0.1, 0.15) is 11.5 Å². The predicted molar refractivity (Wildman–Crippen MR) is 122 cm³/mol. The molecule has 0 saturated carbocycles. The van der Waals surface area contributed by atoms with Gasteiger partial charge in [-0.05, 0) is 29.7 Å². The summed E-state index contributed by atoms with van der Waals surface area (Å²) in [5, 5.41) is 15.5. The third-order valence-corrected chi connectivity index (χ3v) is 4.91. The Morgan fingerprint density at radius 2 is 1.84 bits per heavy atom. The minimum Gasteiger partial charge on any atom is -0.507 e. The minimum atomic E-state index is -0.399. The highest BCUT2D eigenvalue weighted by atomic mass is 16.5. The fraction of sp³-hybridized carbons (Fsp3) is 0.0400. The van der Waals surface area contributed by atoms with Crippen molar-refractivity contribution in [2.75, 3.05) is 12.4 Å². The molecule has 0 saturated heterocycles. The lowest BCUT2D eigenvalue weighted by atomic mass is 10.0. The van der Waals surface area contributed by atoms with Crippen molar-refractivity contribution >= 4 is 28.4 Å². The number of methoxy groups -OCH3 is 1. The van der Waals surface area contributed by atoms with Gasteiger partial charge < -0.3 is 15.2 Å². The number of ether oxygens (including phenoxy) is 1. The van der Waals surface area contributed by atoms with Gasteiger partial charge in [-0.25, -0.2) is 0 Å². The number of aromatic nitrogens is 1. The Morgan fingerprint density at radius 3 is 2.65 bits per heavy atom. The van der Waals surface area contributed by atoms with Gasteiger partial charge in [0.15, 0.2) is 5.78 Å². The number of pyridine rings is 1. The highest BCUT2D eigenvalue weighted by Crippen LogP contribution is 2.25. The van der Waals surface area contributed by atoms with Crippen LogP contribution in [0, 0.1) is 0 Å². The first-order chi connectivity index (χ1) is 15.1. The van der Waals surface area contributed by atoms with Gasteiger partial charge in [-0.2, -0.15) is 0 Å². The van der Waals surface area contributed by atoms with E-state index in [9.17, 15) is 14.7 Å². The van der Waals surface area contributed by atoms with E-state index in [4.69, 9.17) is 4.74 Å². The number of phenols is 1. The molecule has 31 heavy (non-hydrogen) atoms. The SMILES string of the molecule is COc1ccc(C(=O)c2ccc(=O)n(/C=C/Nc3cccc4ccccc34)c2)c(O)c1. The Balaban J connectivity index is 1.59. The maximum atomic E-state index is 12.8. The van der Waals surface area contributed by atoms with Crippen LogP contribution in [0.15, 0.2) is 90.0 Å². The van der Waals surface area contributed by atoms with E-state index in [-0.39, 0.29) is 22.4 Å². The van der Waals surface area contributed by atoms with E-state index in [1.807, 2.05) is 42.5 Å². The van der Waals surface area contributed by atoms with E-state index in [0.717, 1.165) is 16.5 Å². The third kappa shape index (κ3) is 4.18. The highest BCUT2D eigenvalue weighted by Gasteiger charge is 2.15. The molecule has 1 heterocycles. The van der Waals surface area contributed by atoms with Crippen LogP contribution in [0.1, 0.15) is 15.9 Å². The number of carbonyl (C=O) groups is 1. The molecule has 0 radical (unpaired) electrons. The number of carbonyl (C=O) groups excluding carboxylic acids is 1. The van der Waals surface area contributed by atoms with E-state index < -0.39 is 5.78 Å². The number of phenolic OH excluding ortho intramolecular Hbond substituents is 1. The standard InChI is InChI=1S/C25H20N2O4/c1-31-19-10-11-21(23(28)15-19)25(30)18-9-12-24(29)27(16-18)14-13-26-22-8-4-6-17-5-2-3-7-20(17)22/h2-16,26,28H,1H3/b14-13+. The normalized spacial score (nSPS) is 11.0. The van der Waals surface area contributed by atoms with Crippen LogP contribution < -0.4 is 15.6 Å². The summed E-state index contributed by atoms with van der Waals surface area (Å²) in [6, 6.07) is 21.1. The maximum Gasteiger partial charge on any atom is 0.254 e. The van der Waals surface area contributed by atoms with E-state index in [1.165, 1.54) is 42.1 Å². The van der Waals surface area contributed by atoms with Crippen molar-refractivity contribution in [1.82, 2.24) is 4.57 Å². The van der Waals surface area contributed by atoms with Crippen molar-refractivity contribution in [1.29, 1.82) is 0 Å². The number of hydrogen-bond donors (Lipinski definition) is 2. The second kappa shape index (κ2) is 8.59. The van der Waals surface area contributed by atoms with Crippen LogP contribution in [0.25, 0.3) is 17.0 Å². The lowest BCUT2D eigenvalue weighted by molar-refractivity contribution is 0.103. The van der Waals surface area contributed by atoms with Crippen molar-refractivity contribution in [3.05, 3.63) is 107 Å². The first-order valence-corrected chi connectivity index (χ1v) is 9.62. The molecule has 0 bridgehead atoms. The summed E-state index contributed by atoms with van der Waals surface area (Å²) in [4.78, 5) is 25.1. The number of aromatic hydroxyl groups is 1. The van der Waals surface area contributed by atoms with Crippen LogP contribution in [0.5, 0.6) is 11.5 Å². The summed E-state index contributed by atoms with van der Waals surface area (Å²) in [5.41, 5.74) is 1.02. The fourth-order valence-corrected chi connectivity index (χ4v) is 3.30. The number of hydrogen-bond acceptors (Lipinski definition) is 5. The molecular weight excluding hydrogens is 392 g/mol. The minimum absolute atomic E-state index is 0.129. The van der Waals surface area contributed by atoms with Crippen molar-refractivity contribution < 1.29 is 14.6 Å². The molecule has 4 aromatic rings. The van der Waals surface area contributed by atoms with Gasteiger partial charge in [-0.15, -0.1) is 0 Å². The molecule has 0 fully saturated rings. The second-order valence-corrected chi connectivity index (χ2v) is 6.86. The number of nitrogens with zero attached hydrogens (tertiary/aromatic N) is 1. The summed E-state index contributed by atoms with van der Waals surface area (Å²) in [7, 11) is 1.48. The zero-order valence-corrected chi connectivity index (χ0v) is 16.8. The molecule has 2 N–H and O–H groups in total. The Bertz CT molecular complexity index is 1350. The van der Waals surface area contributed by atoms with Crippen LogP contribution in [0.2, 0.25) is 0 Å². The van der Waals surface area contributed by atoms with E-state index in [1.54, 1.807) is 18.5 Å². The van der Waals surface area contributed by atoms with Crippen molar-refractivity contribution in [2.45, 2.75) is 0 Å². The Hall–Kier alpha value is -4.32. The molecule has 6 heteroatoms. The molecule has 1 aromatic heterocycles. The Kier molecular flexibility index (Phi) is 5.53. The average Bonchev–Trinajstić information content (AvgIpc) is 2.80. The molecule has 0 aliphatic heterocycles. The molecule has 0 atom stereocenters. The van der Waals surface area contributed by atoms with Gasteiger partial charge in [0.25, 0.3) is 5.56 Å². The lowest BCUT2D eigenvalue weighted by Gasteiger charge is -2.08. The third-order valence-electron chi connectivity index (χ3n) is 4.91. The quantitative estimate of drug-likeness (QED) is 0.456. The average molecular weight is 412 g/mol. The van der Waals surface area contributed by atoms with Gasteiger partial charge in [-0.3, -0.25) is 14.2 Å². The number of rotatable bonds is 6. The monoisotopic (exact) mass is 412 g/mol. The Labute approximate surface area is 178 Å². The summed E-state index contributed by atoms with van der Waals surface area (Å²) in [6.07, 6.45) is 4.63. The summed E-state index contributed by atoms with van der Waals surface area (Å²) >= 11 is 0. The first-order valence-electron chi connectivity index (χ1n) is 9.62. The largest absolute Gasteiger partial charge is 0.507 e. The van der Waals surface area contributed by atoms with Gasteiger partial charge in [0.05, 0.1) is 12.7 Å². The topological polar surface area (TPSA) is 80.6 Å². The van der Waals surface area contributed by atoms with Crippen molar-refractivity contribution in [3.63, 3.8) is 0 Å². The lowest BCUT2D eigenvalue weighted by Crippen LogP contribution is -2.16. The molecular formula is C25H20N2O4. The number of ketones is 1. The van der Waals surface area contributed by atoms with Gasteiger partial charge in [-0.1, -0.05) is 36.4 Å². The fourth-order valence-electron chi connectivity index (χ4n) is 3.30. The molecule has 0 amide bonds. The van der Waals surface area contributed by atoms with Crippen molar-refractivity contribution in [3.8, 4) is 11.5 Å². The van der Waals surface area contributed by atoms with Gasteiger partial charge in [0, 0.05) is 47.4 Å².